The molecular formula is C15H12Cl2N2O2. The second kappa shape index (κ2) is 5.47. The van der Waals surface area contributed by atoms with Crippen LogP contribution in [0.15, 0.2) is 30.5 Å². The van der Waals surface area contributed by atoms with Gasteiger partial charge in [0.15, 0.2) is 0 Å². The molecule has 1 aromatic heterocycles. The number of hydrogen-bond acceptors (Lipinski definition) is 3. The number of nitrogens with zero attached hydrogens (tertiary/aromatic N) is 1. The minimum absolute atomic E-state index is 0.446. The third-order valence-corrected chi connectivity index (χ3v) is 4.05. The molecular weight excluding hydrogens is 311 g/mol. The zero-order chi connectivity index (χ0) is 15.0. The van der Waals surface area contributed by atoms with Gasteiger partial charge >= 0.3 is 0 Å². The van der Waals surface area contributed by atoms with E-state index >= 15 is 0 Å². The first-order chi connectivity index (χ1) is 10.2. The van der Waals surface area contributed by atoms with Crippen molar-refractivity contribution in [1.82, 2.24) is 10.2 Å². The van der Waals surface area contributed by atoms with Gasteiger partial charge in [0.1, 0.15) is 11.5 Å². The van der Waals surface area contributed by atoms with Crippen molar-refractivity contribution < 1.29 is 9.47 Å². The number of rotatable bonds is 3. The first-order valence-corrected chi connectivity index (χ1v) is 6.94. The number of aromatic amines is 1. The van der Waals surface area contributed by atoms with Crippen LogP contribution in [0.1, 0.15) is 0 Å². The van der Waals surface area contributed by atoms with E-state index in [1.807, 2.05) is 18.2 Å². The van der Waals surface area contributed by atoms with E-state index in [1.54, 1.807) is 26.5 Å². The topological polar surface area (TPSA) is 47.1 Å². The summed E-state index contributed by atoms with van der Waals surface area (Å²) in [5.74, 6) is 1.02. The zero-order valence-corrected chi connectivity index (χ0v) is 12.9. The fourth-order valence-corrected chi connectivity index (χ4v) is 2.95. The predicted molar refractivity (Wildman–Crippen MR) is 84.7 cm³/mol. The molecule has 6 heteroatoms. The summed E-state index contributed by atoms with van der Waals surface area (Å²) in [6.07, 6.45) is 1.76. The third kappa shape index (κ3) is 2.30. The second-order valence-corrected chi connectivity index (χ2v) is 5.21. The lowest BCUT2D eigenvalue weighted by Gasteiger charge is -2.14. The van der Waals surface area contributed by atoms with E-state index in [2.05, 4.69) is 10.2 Å². The Morgan fingerprint density at radius 2 is 1.67 bits per heavy atom. The van der Waals surface area contributed by atoms with Crippen molar-refractivity contribution in [3.63, 3.8) is 0 Å². The van der Waals surface area contributed by atoms with Crippen LogP contribution in [-0.4, -0.2) is 24.4 Å². The molecule has 0 saturated heterocycles. The Hall–Kier alpha value is -1.91. The number of benzene rings is 2. The van der Waals surface area contributed by atoms with E-state index < -0.39 is 0 Å². The lowest BCUT2D eigenvalue weighted by molar-refractivity contribution is 0.395. The second-order valence-electron chi connectivity index (χ2n) is 4.46. The first kappa shape index (κ1) is 14.0. The molecule has 0 amide bonds. The Labute approximate surface area is 131 Å². The maximum absolute atomic E-state index is 6.41. The minimum Gasteiger partial charge on any atom is -0.495 e. The fourth-order valence-electron chi connectivity index (χ4n) is 2.23. The Morgan fingerprint density at radius 1 is 1.00 bits per heavy atom. The van der Waals surface area contributed by atoms with Gasteiger partial charge in [-0.15, -0.1) is 0 Å². The van der Waals surface area contributed by atoms with Gasteiger partial charge in [0.05, 0.1) is 36.0 Å². The number of nitrogens with one attached hydrogen (secondary N) is 1. The van der Waals surface area contributed by atoms with Crippen LogP contribution in [0.2, 0.25) is 10.0 Å². The molecule has 0 unspecified atom stereocenters. The Kier molecular flexibility index (Phi) is 3.66. The number of methoxy groups -OCH3 is 2. The maximum atomic E-state index is 6.41. The standard InChI is InChI=1S/C15H12Cl2N2O2/c1-20-11-6-12(21-2)15(17)13(14(11)16)8-3-4-9-7-18-19-10(9)5-8/h3-7H,1-2H3,(H,18,19). The Balaban J connectivity index is 2.29. The van der Waals surface area contributed by atoms with Gasteiger partial charge in [-0.1, -0.05) is 35.3 Å². The van der Waals surface area contributed by atoms with E-state index in [0.717, 1.165) is 16.5 Å². The highest BCUT2D eigenvalue weighted by Gasteiger charge is 2.18. The largest absolute Gasteiger partial charge is 0.495 e. The molecule has 0 saturated carbocycles. The summed E-state index contributed by atoms with van der Waals surface area (Å²) in [5.41, 5.74) is 2.44. The lowest BCUT2D eigenvalue weighted by atomic mass is 10.0. The van der Waals surface area contributed by atoms with Gasteiger partial charge in [0.2, 0.25) is 0 Å². The lowest BCUT2D eigenvalue weighted by Crippen LogP contribution is -1.93. The normalized spacial score (nSPS) is 10.9. The van der Waals surface area contributed by atoms with E-state index in [-0.39, 0.29) is 0 Å². The average molecular weight is 323 g/mol. The number of aromatic nitrogens is 2. The van der Waals surface area contributed by atoms with Crippen LogP contribution in [-0.2, 0) is 0 Å². The number of fused-ring (bicyclic) bond motifs is 1. The van der Waals surface area contributed by atoms with Crippen molar-refractivity contribution in [2.24, 2.45) is 0 Å². The minimum atomic E-state index is 0.446. The van der Waals surface area contributed by atoms with Crippen LogP contribution in [0, 0.1) is 0 Å². The fraction of sp³-hybridized carbons (Fsp3) is 0.133. The van der Waals surface area contributed by atoms with Gasteiger partial charge in [-0.05, 0) is 11.6 Å². The molecule has 1 N–H and O–H groups in total. The molecule has 2 aromatic carbocycles. The van der Waals surface area contributed by atoms with Crippen molar-refractivity contribution in [1.29, 1.82) is 0 Å². The van der Waals surface area contributed by atoms with E-state index in [0.29, 0.717) is 27.1 Å². The molecule has 3 aromatic rings. The molecule has 0 bridgehead atoms. The third-order valence-electron chi connectivity index (χ3n) is 3.30. The zero-order valence-electron chi connectivity index (χ0n) is 11.4. The predicted octanol–water partition coefficient (Wildman–Crippen LogP) is 4.55. The van der Waals surface area contributed by atoms with Crippen LogP contribution in [0.3, 0.4) is 0 Å². The monoisotopic (exact) mass is 322 g/mol. The average Bonchev–Trinajstić information content (AvgIpc) is 2.95. The molecule has 0 spiro atoms. The number of H-pyrrole nitrogens is 1. The van der Waals surface area contributed by atoms with Crippen LogP contribution < -0.4 is 9.47 Å². The smallest absolute Gasteiger partial charge is 0.141 e. The Morgan fingerprint density at radius 3 is 2.29 bits per heavy atom. The summed E-state index contributed by atoms with van der Waals surface area (Å²) in [4.78, 5) is 0. The van der Waals surface area contributed by atoms with E-state index in [9.17, 15) is 0 Å². The maximum Gasteiger partial charge on any atom is 0.141 e. The summed E-state index contributed by atoms with van der Waals surface area (Å²) < 4.78 is 10.6. The highest BCUT2D eigenvalue weighted by atomic mass is 35.5. The molecule has 0 aliphatic carbocycles. The van der Waals surface area contributed by atoms with Crippen LogP contribution in [0.4, 0.5) is 0 Å². The van der Waals surface area contributed by atoms with Crippen molar-refractivity contribution in [2.75, 3.05) is 14.2 Å². The molecule has 21 heavy (non-hydrogen) atoms. The molecule has 108 valence electrons. The van der Waals surface area contributed by atoms with Gasteiger partial charge in [-0.25, -0.2) is 0 Å². The summed E-state index contributed by atoms with van der Waals surface area (Å²) >= 11 is 12.8. The van der Waals surface area contributed by atoms with Crippen molar-refractivity contribution in [3.8, 4) is 22.6 Å². The van der Waals surface area contributed by atoms with Crippen molar-refractivity contribution in [3.05, 3.63) is 40.5 Å². The highest BCUT2D eigenvalue weighted by molar-refractivity contribution is 6.41. The SMILES string of the molecule is COc1cc(OC)c(Cl)c(-c2ccc3cn[nH]c3c2)c1Cl. The van der Waals surface area contributed by atoms with Crippen LogP contribution in [0.5, 0.6) is 11.5 Å². The number of ether oxygens (including phenoxy) is 2. The number of hydrogen-bond donors (Lipinski definition) is 1. The quantitative estimate of drug-likeness (QED) is 0.769. The summed E-state index contributed by atoms with van der Waals surface area (Å²) in [6.45, 7) is 0. The molecule has 0 aliphatic heterocycles. The molecule has 4 nitrogen and oxygen atoms in total. The van der Waals surface area contributed by atoms with Gasteiger partial charge in [0.25, 0.3) is 0 Å². The van der Waals surface area contributed by atoms with E-state index in [1.165, 1.54) is 0 Å². The van der Waals surface area contributed by atoms with E-state index in [4.69, 9.17) is 32.7 Å². The van der Waals surface area contributed by atoms with Gasteiger partial charge in [-0.3, -0.25) is 5.10 Å². The van der Waals surface area contributed by atoms with Gasteiger partial charge < -0.3 is 9.47 Å². The number of halogens is 2. The molecule has 3 rings (SSSR count). The van der Waals surface area contributed by atoms with Crippen LogP contribution >= 0.6 is 23.2 Å². The van der Waals surface area contributed by atoms with Gasteiger partial charge in [-0.2, -0.15) is 5.10 Å². The Bertz CT molecular complexity index is 787. The van der Waals surface area contributed by atoms with Gasteiger partial charge in [0, 0.05) is 17.0 Å². The summed E-state index contributed by atoms with van der Waals surface area (Å²) in [7, 11) is 3.10. The summed E-state index contributed by atoms with van der Waals surface area (Å²) in [5, 5.41) is 8.84. The molecule has 0 aliphatic rings. The van der Waals surface area contributed by atoms with Crippen molar-refractivity contribution in [2.45, 2.75) is 0 Å². The molecule has 0 radical (unpaired) electrons. The first-order valence-electron chi connectivity index (χ1n) is 6.19. The van der Waals surface area contributed by atoms with Crippen molar-refractivity contribution >= 4 is 34.1 Å². The summed E-state index contributed by atoms with van der Waals surface area (Å²) in [6, 6.07) is 7.49. The van der Waals surface area contributed by atoms with Crippen LogP contribution in [0.25, 0.3) is 22.0 Å². The highest BCUT2D eigenvalue weighted by Crippen LogP contribution is 2.46. The molecule has 0 fully saturated rings. The molecule has 1 heterocycles. The molecule has 0 atom stereocenters.